The maximum atomic E-state index is 12.4. The number of nitrogens with zero attached hydrogens (tertiary/aromatic N) is 1. The Kier molecular flexibility index (Phi) is 4.50. The lowest BCUT2D eigenvalue weighted by Gasteiger charge is -2.35. The van der Waals surface area contributed by atoms with Gasteiger partial charge in [0.2, 0.25) is 0 Å². The van der Waals surface area contributed by atoms with Crippen molar-refractivity contribution < 1.29 is 9.53 Å². The fourth-order valence-electron chi connectivity index (χ4n) is 2.39. The first-order chi connectivity index (χ1) is 9.18. The Balaban J connectivity index is 2.03. The predicted molar refractivity (Wildman–Crippen MR) is 72.6 cm³/mol. The number of rotatable bonds is 4. The van der Waals surface area contributed by atoms with E-state index in [0.29, 0.717) is 12.8 Å². The molecule has 1 fully saturated rings. The minimum atomic E-state index is -0.700. The Morgan fingerprint density at radius 1 is 1.47 bits per heavy atom. The molecule has 2 heterocycles. The molecule has 1 amide bonds. The van der Waals surface area contributed by atoms with Crippen LogP contribution >= 0.6 is 0 Å². The number of pyridine rings is 1. The van der Waals surface area contributed by atoms with Crippen LogP contribution in [-0.2, 0) is 9.53 Å². The number of hydrogen-bond acceptors (Lipinski definition) is 4. The Bertz CT molecular complexity index is 416. The summed E-state index contributed by atoms with van der Waals surface area (Å²) in [5, 5.41) is 6.24. The van der Waals surface area contributed by atoms with Crippen molar-refractivity contribution in [1.29, 1.82) is 0 Å². The van der Waals surface area contributed by atoms with Crippen molar-refractivity contribution in [3.05, 3.63) is 30.1 Å². The summed E-state index contributed by atoms with van der Waals surface area (Å²) in [6, 6.07) is 5.58. The van der Waals surface area contributed by atoms with Crippen molar-refractivity contribution >= 4 is 5.91 Å². The van der Waals surface area contributed by atoms with Crippen LogP contribution in [0.1, 0.15) is 31.5 Å². The summed E-state index contributed by atoms with van der Waals surface area (Å²) in [6.07, 6.45) is 3.13. The van der Waals surface area contributed by atoms with Crippen LogP contribution in [0.25, 0.3) is 0 Å². The van der Waals surface area contributed by atoms with E-state index < -0.39 is 5.60 Å². The molecule has 1 aromatic heterocycles. The molecule has 0 aliphatic carbocycles. The summed E-state index contributed by atoms with van der Waals surface area (Å²) in [4.78, 5) is 16.7. The molecule has 1 atom stereocenters. The van der Waals surface area contributed by atoms with E-state index in [4.69, 9.17) is 4.74 Å². The summed E-state index contributed by atoms with van der Waals surface area (Å²) < 4.78 is 5.50. The summed E-state index contributed by atoms with van der Waals surface area (Å²) in [5.74, 6) is -0.0466. The van der Waals surface area contributed by atoms with E-state index in [-0.39, 0.29) is 11.9 Å². The van der Waals surface area contributed by atoms with Crippen LogP contribution in [0.4, 0.5) is 0 Å². The van der Waals surface area contributed by atoms with Gasteiger partial charge in [-0.2, -0.15) is 0 Å². The molecule has 1 aliphatic rings. The number of aromatic nitrogens is 1. The largest absolute Gasteiger partial charge is 0.368 e. The van der Waals surface area contributed by atoms with Crippen LogP contribution in [0.3, 0.4) is 0 Å². The molecule has 1 aromatic rings. The molecule has 2 N–H and O–H groups in total. The Labute approximate surface area is 113 Å². The zero-order valence-corrected chi connectivity index (χ0v) is 11.5. The molecule has 1 aliphatic heterocycles. The smallest absolute Gasteiger partial charge is 0.252 e. The predicted octanol–water partition coefficient (Wildman–Crippen LogP) is 1.03. The summed E-state index contributed by atoms with van der Waals surface area (Å²) in [6.45, 7) is 3.54. The number of carbonyl (C=O) groups excluding carboxylic acids is 1. The van der Waals surface area contributed by atoms with Gasteiger partial charge in [-0.1, -0.05) is 6.07 Å². The van der Waals surface area contributed by atoms with Gasteiger partial charge >= 0.3 is 0 Å². The van der Waals surface area contributed by atoms with E-state index in [0.717, 1.165) is 18.8 Å². The van der Waals surface area contributed by atoms with Crippen molar-refractivity contribution in [2.24, 2.45) is 0 Å². The van der Waals surface area contributed by atoms with Crippen LogP contribution in [-0.4, -0.2) is 36.7 Å². The molecule has 2 rings (SSSR count). The highest BCUT2D eigenvalue weighted by atomic mass is 16.5. The second-order valence-corrected chi connectivity index (χ2v) is 4.90. The normalized spacial score (nSPS) is 19.7. The topological polar surface area (TPSA) is 63.2 Å². The first kappa shape index (κ1) is 14.0. The van der Waals surface area contributed by atoms with Gasteiger partial charge < -0.3 is 15.4 Å². The Morgan fingerprint density at radius 3 is 2.79 bits per heavy atom. The molecular weight excluding hydrogens is 242 g/mol. The van der Waals surface area contributed by atoms with Gasteiger partial charge in [0.15, 0.2) is 0 Å². The van der Waals surface area contributed by atoms with Crippen molar-refractivity contribution in [2.45, 2.75) is 31.4 Å². The van der Waals surface area contributed by atoms with E-state index in [1.807, 2.05) is 25.1 Å². The van der Waals surface area contributed by atoms with E-state index in [1.54, 1.807) is 13.3 Å². The molecular formula is C14H21N3O2. The van der Waals surface area contributed by atoms with E-state index in [1.165, 1.54) is 0 Å². The van der Waals surface area contributed by atoms with Crippen LogP contribution < -0.4 is 10.6 Å². The van der Waals surface area contributed by atoms with Crippen molar-refractivity contribution in [3.63, 3.8) is 0 Å². The maximum Gasteiger partial charge on any atom is 0.252 e. The Hall–Kier alpha value is -1.46. The number of ether oxygens (including phenoxy) is 1. The lowest BCUT2D eigenvalue weighted by atomic mass is 9.90. The summed E-state index contributed by atoms with van der Waals surface area (Å²) in [7, 11) is 1.61. The van der Waals surface area contributed by atoms with E-state index in [9.17, 15) is 4.79 Å². The number of hydrogen-bond donors (Lipinski definition) is 2. The lowest BCUT2D eigenvalue weighted by molar-refractivity contribution is -0.147. The highest BCUT2D eigenvalue weighted by Gasteiger charge is 2.40. The molecule has 0 aromatic carbocycles. The highest BCUT2D eigenvalue weighted by Crippen LogP contribution is 2.23. The van der Waals surface area contributed by atoms with Gasteiger partial charge in [-0.05, 0) is 45.0 Å². The maximum absolute atomic E-state index is 12.4. The van der Waals surface area contributed by atoms with Crippen molar-refractivity contribution in [3.8, 4) is 0 Å². The second-order valence-electron chi connectivity index (χ2n) is 4.90. The quantitative estimate of drug-likeness (QED) is 0.851. The van der Waals surface area contributed by atoms with Gasteiger partial charge in [0.05, 0.1) is 11.7 Å². The van der Waals surface area contributed by atoms with Gasteiger partial charge in [0.25, 0.3) is 5.91 Å². The number of amides is 1. The van der Waals surface area contributed by atoms with Gasteiger partial charge in [0.1, 0.15) is 5.60 Å². The monoisotopic (exact) mass is 263 g/mol. The third kappa shape index (κ3) is 3.11. The van der Waals surface area contributed by atoms with Crippen LogP contribution in [0.2, 0.25) is 0 Å². The average Bonchev–Trinajstić information content (AvgIpc) is 2.48. The number of carbonyl (C=O) groups is 1. The SMILES string of the molecule is COC1(C(=O)NC(C)c2ccccn2)CCNCC1. The fraction of sp³-hybridized carbons (Fsp3) is 0.571. The fourth-order valence-corrected chi connectivity index (χ4v) is 2.39. The first-order valence-corrected chi connectivity index (χ1v) is 6.66. The van der Waals surface area contributed by atoms with Crippen molar-refractivity contribution in [1.82, 2.24) is 15.6 Å². The van der Waals surface area contributed by atoms with Gasteiger partial charge in [-0.3, -0.25) is 9.78 Å². The molecule has 1 saturated heterocycles. The van der Waals surface area contributed by atoms with E-state index in [2.05, 4.69) is 15.6 Å². The zero-order chi connectivity index (χ0) is 13.7. The molecule has 19 heavy (non-hydrogen) atoms. The average molecular weight is 263 g/mol. The summed E-state index contributed by atoms with van der Waals surface area (Å²) in [5.41, 5.74) is 0.157. The molecule has 5 nitrogen and oxygen atoms in total. The van der Waals surface area contributed by atoms with E-state index >= 15 is 0 Å². The lowest BCUT2D eigenvalue weighted by Crippen LogP contribution is -2.54. The minimum absolute atomic E-state index is 0.0466. The highest BCUT2D eigenvalue weighted by molar-refractivity contribution is 5.85. The zero-order valence-electron chi connectivity index (χ0n) is 11.5. The van der Waals surface area contributed by atoms with Gasteiger partial charge in [0, 0.05) is 13.3 Å². The number of methoxy groups -OCH3 is 1. The molecule has 5 heteroatoms. The van der Waals surface area contributed by atoms with Gasteiger partial charge in [-0.15, -0.1) is 0 Å². The molecule has 1 unspecified atom stereocenters. The van der Waals surface area contributed by atoms with Crippen LogP contribution in [0, 0.1) is 0 Å². The standard InChI is InChI=1S/C14H21N3O2/c1-11(12-5-3-4-8-16-12)17-13(18)14(19-2)6-9-15-10-7-14/h3-5,8,11,15H,6-7,9-10H2,1-2H3,(H,17,18). The molecule has 0 radical (unpaired) electrons. The third-order valence-electron chi connectivity index (χ3n) is 3.69. The third-order valence-corrected chi connectivity index (χ3v) is 3.69. The second kappa shape index (κ2) is 6.12. The number of piperidine rings is 1. The molecule has 0 bridgehead atoms. The Morgan fingerprint density at radius 2 is 2.21 bits per heavy atom. The van der Waals surface area contributed by atoms with Crippen LogP contribution in [0.5, 0.6) is 0 Å². The first-order valence-electron chi connectivity index (χ1n) is 6.66. The van der Waals surface area contributed by atoms with Crippen LogP contribution in [0.15, 0.2) is 24.4 Å². The molecule has 104 valence electrons. The van der Waals surface area contributed by atoms with Gasteiger partial charge in [-0.25, -0.2) is 0 Å². The minimum Gasteiger partial charge on any atom is -0.368 e. The number of nitrogens with one attached hydrogen (secondary N) is 2. The van der Waals surface area contributed by atoms with Crippen molar-refractivity contribution in [2.75, 3.05) is 20.2 Å². The molecule has 0 saturated carbocycles. The molecule has 0 spiro atoms. The summed E-state index contributed by atoms with van der Waals surface area (Å²) >= 11 is 0.